The second-order valence-corrected chi connectivity index (χ2v) is 7.73. The molecule has 1 saturated heterocycles. The summed E-state index contributed by atoms with van der Waals surface area (Å²) in [6.45, 7) is 0.207. The van der Waals surface area contributed by atoms with Crippen molar-refractivity contribution in [2.24, 2.45) is 0 Å². The fourth-order valence-corrected chi connectivity index (χ4v) is 4.57. The van der Waals surface area contributed by atoms with Crippen molar-refractivity contribution in [1.29, 1.82) is 0 Å². The molecule has 1 fully saturated rings. The minimum atomic E-state index is -3.86. The van der Waals surface area contributed by atoms with Crippen molar-refractivity contribution in [3.8, 4) is 17.2 Å². The van der Waals surface area contributed by atoms with Crippen molar-refractivity contribution in [2.75, 3.05) is 13.7 Å². The third-order valence-corrected chi connectivity index (χ3v) is 6.14. The number of benzene rings is 2. The van der Waals surface area contributed by atoms with Gasteiger partial charge in [0.1, 0.15) is 11.8 Å². The molecule has 26 heavy (non-hydrogen) atoms. The summed E-state index contributed by atoms with van der Waals surface area (Å²) < 4.78 is 37.4. The molecule has 2 aromatic carbocycles. The van der Waals surface area contributed by atoms with E-state index in [2.05, 4.69) is 0 Å². The van der Waals surface area contributed by atoms with Gasteiger partial charge in [-0.05, 0) is 49.2 Å². The summed E-state index contributed by atoms with van der Waals surface area (Å²) in [5, 5.41) is 9.21. The molecule has 1 N–H and O–H groups in total. The second-order valence-electron chi connectivity index (χ2n) is 5.84. The predicted octanol–water partition coefficient (Wildman–Crippen LogP) is 2.73. The van der Waals surface area contributed by atoms with Gasteiger partial charge in [-0.3, -0.25) is 4.79 Å². The zero-order valence-corrected chi connectivity index (χ0v) is 15.0. The van der Waals surface area contributed by atoms with Gasteiger partial charge < -0.3 is 14.6 Å². The smallest absolute Gasteiger partial charge is 0.322 e. The molecule has 0 unspecified atom stereocenters. The van der Waals surface area contributed by atoms with Crippen LogP contribution in [-0.2, 0) is 14.8 Å². The van der Waals surface area contributed by atoms with Crippen molar-refractivity contribution >= 4 is 16.0 Å². The molecule has 0 bridgehead atoms. The lowest BCUT2D eigenvalue weighted by Crippen LogP contribution is -2.40. The molecule has 1 aliphatic rings. The largest absolute Gasteiger partial charge is 0.493 e. The van der Waals surface area contributed by atoms with Crippen molar-refractivity contribution in [2.45, 2.75) is 23.8 Å². The average Bonchev–Trinajstić information content (AvgIpc) is 3.14. The third kappa shape index (κ3) is 3.51. The molecular formula is C18H19NO6S. The summed E-state index contributed by atoms with van der Waals surface area (Å²) in [6.07, 6.45) is 0.856. The highest BCUT2D eigenvalue weighted by molar-refractivity contribution is 7.89. The van der Waals surface area contributed by atoms with Crippen LogP contribution >= 0.6 is 0 Å². The van der Waals surface area contributed by atoms with Crippen LogP contribution in [0, 0.1) is 0 Å². The Morgan fingerprint density at radius 3 is 2.38 bits per heavy atom. The molecule has 1 atom stereocenters. The molecule has 7 nitrogen and oxygen atoms in total. The number of rotatable bonds is 6. The predicted molar refractivity (Wildman–Crippen MR) is 94.1 cm³/mol. The van der Waals surface area contributed by atoms with E-state index in [0.717, 1.165) is 4.31 Å². The van der Waals surface area contributed by atoms with E-state index in [1.54, 1.807) is 18.2 Å². The summed E-state index contributed by atoms with van der Waals surface area (Å²) in [7, 11) is -2.33. The first-order valence-electron chi connectivity index (χ1n) is 8.09. The van der Waals surface area contributed by atoms with Gasteiger partial charge in [-0.2, -0.15) is 4.31 Å². The molecule has 0 amide bonds. The Morgan fingerprint density at radius 2 is 1.77 bits per heavy atom. The first kappa shape index (κ1) is 18.2. The molecule has 0 aromatic heterocycles. The Kier molecular flexibility index (Phi) is 5.15. The number of carboxylic acids is 1. The molecular weight excluding hydrogens is 358 g/mol. The van der Waals surface area contributed by atoms with Crippen molar-refractivity contribution in [3.63, 3.8) is 0 Å². The normalized spacial score (nSPS) is 17.8. The quantitative estimate of drug-likeness (QED) is 0.832. The van der Waals surface area contributed by atoms with Crippen LogP contribution in [0.3, 0.4) is 0 Å². The van der Waals surface area contributed by atoms with Gasteiger partial charge in [-0.15, -0.1) is 0 Å². The summed E-state index contributed by atoms with van der Waals surface area (Å²) in [4.78, 5) is 11.3. The van der Waals surface area contributed by atoms with Crippen LogP contribution in [0.25, 0.3) is 0 Å². The molecule has 2 aromatic rings. The number of hydrogen-bond donors (Lipinski definition) is 1. The number of ether oxygens (including phenoxy) is 2. The highest BCUT2D eigenvalue weighted by Gasteiger charge is 2.39. The van der Waals surface area contributed by atoms with Gasteiger partial charge in [0, 0.05) is 6.54 Å². The lowest BCUT2D eigenvalue weighted by Gasteiger charge is -2.21. The summed E-state index contributed by atoms with van der Waals surface area (Å²) in [5.74, 6) is 0.397. The Hall–Kier alpha value is -2.58. The van der Waals surface area contributed by atoms with Gasteiger partial charge in [-0.25, -0.2) is 8.42 Å². The lowest BCUT2D eigenvalue weighted by molar-refractivity contribution is -0.140. The Labute approximate surface area is 151 Å². The van der Waals surface area contributed by atoms with E-state index in [9.17, 15) is 18.3 Å². The number of carboxylic acid groups (broad SMARTS) is 1. The van der Waals surface area contributed by atoms with E-state index in [1.807, 2.05) is 6.07 Å². The van der Waals surface area contributed by atoms with Crippen LogP contribution in [0.5, 0.6) is 17.2 Å². The molecule has 8 heteroatoms. The maximum Gasteiger partial charge on any atom is 0.322 e. The van der Waals surface area contributed by atoms with Gasteiger partial charge in [-0.1, -0.05) is 12.1 Å². The lowest BCUT2D eigenvalue weighted by atomic mass is 10.2. The molecule has 0 aliphatic carbocycles. The van der Waals surface area contributed by atoms with E-state index in [-0.39, 0.29) is 11.4 Å². The molecule has 3 rings (SSSR count). The van der Waals surface area contributed by atoms with Crippen LogP contribution in [0.1, 0.15) is 12.8 Å². The summed E-state index contributed by atoms with van der Waals surface area (Å²) >= 11 is 0. The monoisotopic (exact) mass is 377 g/mol. The van der Waals surface area contributed by atoms with E-state index in [4.69, 9.17) is 9.47 Å². The SMILES string of the molecule is COc1ccccc1Oc1ccc(S(=O)(=O)N2CCC[C@H]2C(=O)O)cc1. The van der Waals surface area contributed by atoms with Gasteiger partial charge in [0.05, 0.1) is 12.0 Å². The molecule has 138 valence electrons. The fraction of sp³-hybridized carbons (Fsp3) is 0.278. The number of carbonyl (C=O) groups is 1. The number of sulfonamides is 1. The Morgan fingerprint density at radius 1 is 1.12 bits per heavy atom. The molecule has 0 radical (unpaired) electrons. The average molecular weight is 377 g/mol. The van der Waals surface area contributed by atoms with Gasteiger partial charge >= 0.3 is 5.97 Å². The number of para-hydroxylation sites is 2. The van der Waals surface area contributed by atoms with E-state index in [1.165, 1.54) is 31.4 Å². The van der Waals surface area contributed by atoms with Crippen LogP contribution in [0.4, 0.5) is 0 Å². The van der Waals surface area contributed by atoms with Crippen LogP contribution in [0.15, 0.2) is 53.4 Å². The topological polar surface area (TPSA) is 93.1 Å². The number of nitrogens with zero attached hydrogens (tertiary/aromatic N) is 1. The molecule has 0 spiro atoms. The van der Waals surface area contributed by atoms with Crippen LogP contribution < -0.4 is 9.47 Å². The van der Waals surface area contributed by atoms with Gasteiger partial charge in [0.15, 0.2) is 11.5 Å². The minimum Gasteiger partial charge on any atom is -0.493 e. The van der Waals surface area contributed by atoms with Crippen LogP contribution in [-0.4, -0.2) is 43.5 Å². The van der Waals surface area contributed by atoms with Gasteiger partial charge in [0.2, 0.25) is 10.0 Å². The van der Waals surface area contributed by atoms with Crippen LogP contribution in [0.2, 0.25) is 0 Å². The standard InChI is InChI=1S/C18H19NO6S/c1-24-16-6-2-3-7-17(16)25-13-8-10-14(11-9-13)26(22,23)19-12-4-5-15(19)18(20)21/h2-3,6-11,15H,4-5,12H2,1H3,(H,20,21)/t15-/m0/s1. The Bertz CT molecular complexity index is 894. The van der Waals surface area contributed by atoms with E-state index >= 15 is 0 Å². The maximum absolute atomic E-state index is 12.7. The third-order valence-electron chi connectivity index (χ3n) is 4.22. The zero-order valence-electron chi connectivity index (χ0n) is 14.2. The summed E-state index contributed by atoms with van der Waals surface area (Å²) in [5.41, 5.74) is 0. The van der Waals surface area contributed by atoms with Gasteiger partial charge in [0.25, 0.3) is 0 Å². The maximum atomic E-state index is 12.7. The molecule has 0 saturated carbocycles. The minimum absolute atomic E-state index is 0.0398. The van der Waals surface area contributed by atoms with Crippen molar-refractivity contribution in [1.82, 2.24) is 4.31 Å². The van der Waals surface area contributed by atoms with Crippen molar-refractivity contribution < 1.29 is 27.8 Å². The first-order valence-corrected chi connectivity index (χ1v) is 9.53. The second kappa shape index (κ2) is 7.35. The number of hydrogen-bond acceptors (Lipinski definition) is 5. The Balaban J connectivity index is 1.82. The number of methoxy groups -OCH3 is 1. The van der Waals surface area contributed by atoms with Crippen molar-refractivity contribution in [3.05, 3.63) is 48.5 Å². The molecule has 1 heterocycles. The van der Waals surface area contributed by atoms with E-state index in [0.29, 0.717) is 30.1 Å². The first-order chi connectivity index (χ1) is 12.4. The number of aliphatic carboxylic acids is 1. The fourth-order valence-electron chi connectivity index (χ4n) is 2.92. The highest BCUT2D eigenvalue weighted by Crippen LogP contribution is 2.32. The van der Waals surface area contributed by atoms with E-state index < -0.39 is 22.0 Å². The molecule has 1 aliphatic heterocycles. The highest BCUT2D eigenvalue weighted by atomic mass is 32.2. The zero-order chi connectivity index (χ0) is 18.7. The summed E-state index contributed by atoms with van der Waals surface area (Å²) in [6, 6.07) is 12.0.